The Hall–Kier alpha value is -3.99. The summed E-state index contributed by atoms with van der Waals surface area (Å²) >= 11 is 0.694. The Balaban J connectivity index is 2.22. The molecule has 3 rings (SSSR count). The number of carbonyl (C=O) groups is 3. The molecule has 1 atom stereocenters. The number of nitrogen functional groups attached to an aromatic ring is 1. The van der Waals surface area contributed by atoms with Gasteiger partial charge in [0.2, 0.25) is 5.91 Å². The van der Waals surface area contributed by atoms with Crippen molar-refractivity contribution in [3.63, 3.8) is 0 Å². The average molecular weight is 514 g/mol. The summed E-state index contributed by atoms with van der Waals surface area (Å²) in [5.74, 6) is -2.01. The first-order valence-electron chi connectivity index (χ1n) is 11.1. The molecule has 9 nitrogen and oxygen atoms in total. The van der Waals surface area contributed by atoms with Crippen LogP contribution in [0.15, 0.2) is 48.5 Å². The zero-order chi connectivity index (χ0) is 26.6. The lowest BCUT2D eigenvalue weighted by Gasteiger charge is -2.34. The number of hydrogen-bond acceptors (Lipinski definition) is 7. The first-order chi connectivity index (χ1) is 17.0. The third-order valence-corrected chi connectivity index (χ3v) is 6.61. The minimum absolute atomic E-state index is 0.0748. The van der Waals surface area contributed by atoms with Gasteiger partial charge in [-0.2, -0.15) is 4.37 Å². The molecular formula is C25H28FN5O4S. The number of primary amides is 1. The fourth-order valence-electron chi connectivity index (χ4n) is 3.42. The number of methoxy groups -OCH3 is 1. The van der Waals surface area contributed by atoms with E-state index in [2.05, 4.69) is 9.69 Å². The van der Waals surface area contributed by atoms with Crippen LogP contribution in [0.5, 0.6) is 5.75 Å². The van der Waals surface area contributed by atoms with Crippen molar-refractivity contribution in [3.05, 3.63) is 70.5 Å². The number of ether oxygens (including phenoxy) is 1. The van der Waals surface area contributed by atoms with E-state index >= 15 is 0 Å². The van der Waals surface area contributed by atoms with Crippen LogP contribution >= 0.6 is 11.5 Å². The summed E-state index contributed by atoms with van der Waals surface area (Å²) < 4.78 is 22.9. The lowest BCUT2D eigenvalue weighted by Crippen LogP contribution is -2.50. The lowest BCUT2D eigenvalue weighted by atomic mass is 9.98. The molecule has 0 spiro atoms. The number of rotatable bonds is 9. The summed E-state index contributed by atoms with van der Waals surface area (Å²) in [5.41, 5.74) is 11.1. The normalized spacial score (nSPS) is 12.0. The summed E-state index contributed by atoms with van der Waals surface area (Å²) in [5, 5.41) is 2.98. The fraction of sp³-hybridized carbons (Fsp3) is 0.280. The van der Waals surface area contributed by atoms with Gasteiger partial charge in [0.25, 0.3) is 11.8 Å². The maximum absolute atomic E-state index is 13.9. The molecule has 11 heteroatoms. The van der Waals surface area contributed by atoms with E-state index in [9.17, 15) is 18.8 Å². The summed E-state index contributed by atoms with van der Waals surface area (Å²) in [6.07, 6.45) is 0.627. The molecule has 0 radical (unpaired) electrons. The maximum Gasteiger partial charge on any atom is 0.273 e. The SMILES string of the molecule is CCC(C)(C)NC(=O)[C@@H](c1ccc(OC)cc1)N(C(=O)c1snc(C(N)=O)c1N)c1ccc(F)cc1. The minimum Gasteiger partial charge on any atom is -0.497 e. The molecule has 0 saturated carbocycles. The van der Waals surface area contributed by atoms with Gasteiger partial charge in [-0.3, -0.25) is 19.3 Å². The Morgan fingerprint density at radius 2 is 1.75 bits per heavy atom. The van der Waals surface area contributed by atoms with E-state index in [1.54, 1.807) is 24.3 Å². The highest BCUT2D eigenvalue weighted by Crippen LogP contribution is 2.34. The second-order valence-corrected chi connectivity index (χ2v) is 9.47. The predicted octanol–water partition coefficient (Wildman–Crippen LogP) is 3.66. The van der Waals surface area contributed by atoms with Crippen molar-refractivity contribution >= 4 is 40.6 Å². The number of benzene rings is 2. The monoisotopic (exact) mass is 513 g/mol. The quantitative estimate of drug-likeness (QED) is 0.399. The Kier molecular flexibility index (Phi) is 7.93. The summed E-state index contributed by atoms with van der Waals surface area (Å²) in [4.78, 5) is 40.5. The van der Waals surface area contributed by atoms with Gasteiger partial charge in [0, 0.05) is 11.2 Å². The number of amides is 3. The lowest BCUT2D eigenvalue weighted by molar-refractivity contribution is -0.124. The number of nitrogens with one attached hydrogen (secondary N) is 1. The number of hydrogen-bond donors (Lipinski definition) is 3. The summed E-state index contributed by atoms with van der Waals surface area (Å²) in [6.45, 7) is 5.65. The molecule has 0 aliphatic heterocycles. The van der Waals surface area contributed by atoms with Crippen LogP contribution in [0.25, 0.3) is 0 Å². The van der Waals surface area contributed by atoms with Crippen LogP contribution in [0, 0.1) is 5.82 Å². The number of nitrogens with zero attached hydrogens (tertiary/aromatic N) is 2. The van der Waals surface area contributed by atoms with Crippen LogP contribution in [0.4, 0.5) is 15.8 Å². The summed E-state index contributed by atoms with van der Waals surface area (Å²) in [6, 6.07) is 10.6. The van der Waals surface area contributed by atoms with Gasteiger partial charge in [-0.15, -0.1) is 0 Å². The number of halogens is 1. The molecule has 3 aromatic rings. The molecule has 0 fully saturated rings. The van der Waals surface area contributed by atoms with Crippen LogP contribution < -0.4 is 26.4 Å². The first-order valence-corrected chi connectivity index (χ1v) is 11.9. The molecule has 36 heavy (non-hydrogen) atoms. The number of nitrogens with two attached hydrogens (primary N) is 2. The second kappa shape index (κ2) is 10.7. The van der Waals surface area contributed by atoms with E-state index in [0.29, 0.717) is 29.3 Å². The van der Waals surface area contributed by atoms with E-state index in [4.69, 9.17) is 16.2 Å². The van der Waals surface area contributed by atoms with Crippen molar-refractivity contribution in [3.8, 4) is 5.75 Å². The molecular weight excluding hydrogens is 485 g/mol. The number of aromatic nitrogens is 1. The van der Waals surface area contributed by atoms with E-state index < -0.39 is 35.1 Å². The highest BCUT2D eigenvalue weighted by atomic mass is 32.1. The highest BCUT2D eigenvalue weighted by molar-refractivity contribution is 7.09. The third-order valence-electron chi connectivity index (χ3n) is 5.76. The van der Waals surface area contributed by atoms with Crippen molar-refractivity contribution in [1.29, 1.82) is 0 Å². The number of anilines is 2. The Morgan fingerprint density at radius 1 is 1.14 bits per heavy atom. The molecule has 1 aromatic heterocycles. The minimum atomic E-state index is -1.18. The Labute approximate surface area is 212 Å². The van der Waals surface area contributed by atoms with Gasteiger partial charge < -0.3 is 21.5 Å². The largest absolute Gasteiger partial charge is 0.497 e. The molecule has 0 bridgehead atoms. The molecule has 190 valence electrons. The van der Waals surface area contributed by atoms with Gasteiger partial charge in [-0.1, -0.05) is 19.1 Å². The van der Waals surface area contributed by atoms with Crippen molar-refractivity contribution < 1.29 is 23.5 Å². The van der Waals surface area contributed by atoms with Crippen LogP contribution in [0.3, 0.4) is 0 Å². The first kappa shape index (κ1) is 26.6. The maximum atomic E-state index is 13.9. The molecule has 3 amide bonds. The molecule has 0 aliphatic rings. The van der Waals surface area contributed by atoms with Crippen molar-refractivity contribution in [2.45, 2.75) is 38.8 Å². The van der Waals surface area contributed by atoms with Crippen molar-refractivity contribution in [1.82, 2.24) is 9.69 Å². The van der Waals surface area contributed by atoms with Crippen LogP contribution in [0.2, 0.25) is 0 Å². The van der Waals surface area contributed by atoms with Crippen LogP contribution in [0.1, 0.15) is 59.0 Å². The molecule has 0 unspecified atom stereocenters. The molecule has 0 saturated heterocycles. The van der Waals surface area contributed by atoms with Crippen LogP contribution in [-0.4, -0.2) is 34.7 Å². The van der Waals surface area contributed by atoms with Gasteiger partial charge in [-0.25, -0.2) is 4.39 Å². The fourth-order valence-corrected chi connectivity index (χ4v) is 4.16. The highest BCUT2D eigenvalue weighted by Gasteiger charge is 2.37. The molecule has 5 N–H and O–H groups in total. The third kappa shape index (κ3) is 5.62. The molecule has 0 aliphatic carbocycles. The van der Waals surface area contributed by atoms with Crippen LogP contribution in [-0.2, 0) is 4.79 Å². The van der Waals surface area contributed by atoms with Gasteiger partial charge in [0.05, 0.1) is 12.8 Å². The zero-order valence-electron chi connectivity index (χ0n) is 20.4. The van der Waals surface area contributed by atoms with Gasteiger partial charge in [0.1, 0.15) is 22.5 Å². The van der Waals surface area contributed by atoms with E-state index in [1.807, 2.05) is 20.8 Å². The van der Waals surface area contributed by atoms with Crippen molar-refractivity contribution in [2.75, 3.05) is 17.7 Å². The van der Waals surface area contributed by atoms with E-state index in [-0.39, 0.29) is 21.9 Å². The second-order valence-electron chi connectivity index (χ2n) is 8.69. The van der Waals surface area contributed by atoms with E-state index in [1.165, 1.54) is 36.3 Å². The Morgan fingerprint density at radius 3 is 2.25 bits per heavy atom. The zero-order valence-corrected chi connectivity index (χ0v) is 21.2. The summed E-state index contributed by atoms with van der Waals surface area (Å²) in [7, 11) is 1.51. The standard InChI is InChI=1S/C25H28FN5O4S/c1-5-25(2,3)29-23(33)20(14-6-12-17(35-4)13-7-14)31(16-10-8-15(26)9-11-16)24(34)21-18(27)19(22(28)32)30-36-21/h6-13,20H,5,27H2,1-4H3,(H2,28,32)(H,29,33)/t20-/m1/s1. The van der Waals surface area contributed by atoms with Crippen molar-refractivity contribution in [2.24, 2.45) is 5.73 Å². The smallest absolute Gasteiger partial charge is 0.273 e. The van der Waals surface area contributed by atoms with Gasteiger partial charge in [0.15, 0.2) is 5.69 Å². The molecule has 1 heterocycles. The van der Waals surface area contributed by atoms with Gasteiger partial charge >= 0.3 is 0 Å². The number of carbonyl (C=O) groups excluding carboxylic acids is 3. The average Bonchev–Trinajstić information content (AvgIpc) is 3.24. The topological polar surface area (TPSA) is 141 Å². The van der Waals surface area contributed by atoms with E-state index in [0.717, 1.165) is 0 Å². The Bertz CT molecular complexity index is 1260. The van der Waals surface area contributed by atoms with Gasteiger partial charge in [-0.05, 0) is 73.8 Å². The molecule has 2 aromatic carbocycles. The predicted molar refractivity (Wildman–Crippen MR) is 137 cm³/mol.